The van der Waals surface area contributed by atoms with Gasteiger partial charge in [0.15, 0.2) is 0 Å². The molecule has 1 saturated heterocycles. The number of rotatable bonds is 10. The molecule has 0 bridgehead atoms. The maximum atomic E-state index is 14.4. The molecule has 3 N–H and O–H groups in total. The minimum absolute atomic E-state index is 0.106. The van der Waals surface area contributed by atoms with Crippen LogP contribution >= 0.6 is 11.6 Å². The SMILES string of the molecule is COC(=O)N[C@H](C(=O)Nc1ccccc1CC[C@H]1CNC[C@H](C)N1S(C)(=O)=O)[C@@H](c1ccc(Cl)cc1)c1cc(F)cc(F)c1. The summed E-state index contributed by atoms with van der Waals surface area (Å²) in [5, 5.41) is 9.09. The lowest BCUT2D eigenvalue weighted by molar-refractivity contribution is -0.118. The number of sulfonamides is 1. The fraction of sp³-hybridized carbons (Fsp3) is 0.355. The molecule has 0 saturated carbocycles. The van der Waals surface area contributed by atoms with Crippen molar-refractivity contribution in [3.05, 3.63) is 100 Å². The number of halogens is 3. The summed E-state index contributed by atoms with van der Waals surface area (Å²) in [6, 6.07) is 14.5. The van der Waals surface area contributed by atoms with Crippen LogP contribution in [0.15, 0.2) is 66.7 Å². The first-order chi connectivity index (χ1) is 20.9. The molecule has 4 rings (SSSR count). The Morgan fingerprint density at radius 1 is 1.05 bits per heavy atom. The van der Waals surface area contributed by atoms with Gasteiger partial charge in [-0.3, -0.25) is 4.79 Å². The molecule has 236 valence electrons. The summed E-state index contributed by atoms with van der Waals surface area (Å²) in [6.07, 6.45) is 1.20. The molecule has 13 heteroatoms. The third-order valence-corrected chi connectivity index (χ3v) is 9.24. The van der Waals surface area contributed by atoms with Crippen LogP contribution in [0.3, 0.4) is 0 Å². The Bertz CT molecular complexity index is 1570. The predicted molar refractivity (Wildman–Crippen MR) is 165 cm³/mol. The number of benzene rings is 3. The number of carbonyl (C=O) groups excluding carboxylic acids is 2. The second-order valence-electron chi connectivity index (χ2n) is 10.8. The smallest absolute Gasteiger partial charge is 0.407 e. The number of para-hydroxylation sites is 1. The van der Waals surface area contributed by atoms with Gasteiger partial charge in [-0.15, -0.1) is 0 Å². The Kier molecular flexibility index (Phi) is 11.0. The summed E-state index contributed by atoms with van der Waals surface area (Å²) < 4.78 is 60.2. The zero-order valence-corrected chi connectivity index (χ0v) is 26.1. The Morgan fingerprint density at radius 2 is 1.70 bits per heavy atom. The van der Waals surface area contributed by atoms with Gasteiger partial charge in [-0.05, 0) is 66.8 Å². The zero-order chi connectivity index (χ0) is 32.0. The second kappa shape index (κ2) is 14.5. The van der Waals surface area contributed by atoms with Crippen molar-refractivity contribution >= 4 is 39.3 Å². The number of nitrogens with zero attached hydrogens (tertiary/aromatic N) is 1. The highest BCUT2D eigenvalue weighted by molar-refractivity contribution is 7.88. The average Bonchev–Trinajstić information content (AvgIpc) is 2.96. The largest absolute Gasteiger partial charge is 0.453 e. The third-order valence-electron chi connectivity index (χ3n) is 7.57. The first-order valence-electron chi connectivity index (χ1n) is 14.0. The van der Waals surface area contributed by atoms with Gasteiger partial charge in [-0.2, -0.15) is 4.31 Å². The van der Waals surface area contributed by atoms with Crippen molar-refractivity contribution in [2.24, 2.45) is 0 Å². The van der Waals surface area contributed by atoms with Crippen LogP contribution in [-0.2, 0) is 26.0 Å². The lowest BCUT2D eigenvalue weighted by atomic mass is 9.84. The van der Waals surface area contributed by atoms with Gasteiger partial charge in [-0.25, -0.2) is 22.0 Å². The van der Waals surface area contributed by atoms with Gasteiger partial charge in [-0.1, -0.05) is 41.9 Å². The first kappa shape index (κ1) is 33.3. The molecule has 0 aliphatic carbocycles. The third kappa shape index (κ3) is 8.32. The molecule has 0 aromatic heterocycles. The highest BCUT2D eigenvalue weighted by Crippen LogP contribution is 2.32. The van der Waals surface area contributed by atoms with Gasteiger partial charge < -0.3 is 20.7 Å². The van der Waals surface area contributed by atoms with E-state index in [9.17, 15) is 26.8 Å². The molecule has 3 aromatic carbocycles. The van der Waals surface area contributed by atoms with Crippen LogP contribution in [0.1, 0.15) is 36.0 Å². The molecule has 2 amide bonds. The fourth-order valence-electron chi connectivity index (χ4n) is 5.71. The Labute approximate surface area is 261 Å². The van der Waals surface area contributed by atoms with E-state index in [-0.39, 0.29) is 17.6 Å². The van der Waals surface area contributed by atoms with Gasteiger partial charge in [0.05, 0.1) is 13.4 Å². The van der Waals surface area contributed by atoms with Crippen LogP contribution < -0.4 is 16.0 Å². The predicted octanol–water partition coefficient (Wildman–Crippen LogP) is 4.67. The normalized spacial score (nSPS) is 18.7. The number of anilines is 1. The molecule has 0 spiro atoms. The number of piperazine rings is 1. The van der Waals surface area contributed by atoms with Gasteiger partial charge in [0.1, 0.15) is 17.7 Å². The minimum Gasteiger partial charge on any atom is -0.453 e. The van der Waals surface area contributed by atoms with E-state index in [4.69, 9.17) is 16.3 Å². The molecule has 3 aromatic rings. The van der Waals surface area contributed by atoms with E-state index in [0.717, 1.165) is 30.9 Å². The number of hydrogen-bond acceptors (Lipinski definition) is 6. The molecule has 1 heterocycles. The average molecular weight is 649 g/mol. The Morgan fingerprint density at radius 3 is 2.34 bits per heavy atom. The number of carbonyl (C=O) groups is 2. The zero-order valence-electron chi connectivity index (χ0n) is 24.5. The van der Waals surface area contributed by atoms with Crippen molar-refractivity contribution in [1.82, 2.24) is 14.9 Å². The molecule has 9 nitrogen and oxygen atoms in total. The standard InChI is InChI=1S/C31H35ClF2N4O5S/c1-19-17-35-18-26(38(19)44(3,41)42)13-10-20-6-4-5-7-27(20)36-30(39)29(37-31(40)43-2)28(21-8-11-23(32)12-9-21)22-14-24(33)16-25(34)15-22/h4-9,11-12,14-16,19,26,28-29,35H,10,13,17-18H2,1-3H3,(H,36,39)(H,37,40)/t19-,26-,28-,29-/m0/s1. The van der Waals surface area contributed by atoms with E-state index in [1.54, 1.807) is 42.5 Å². The van der Waals surface area contributed by atoms with Crippen molar-refractivity contribution in [2.45, 2.75) is 43.8 Å². The number of alkyl carbamates (subject to hydrolysis) is 1. The van der Waals surface area contributed by atoms with E-state index in [1.807, 2.05) is 13.0 Å². The number of nitrogens with one attached hydrogen (secondary N) is 3. The van der Waals surface area contributed by atoms with Gasteiger partial charge in [0.25, 0.3) is 0 Å². The van der Waals surface area contributed by atoms with Crippen LogP contribution in [0, 0.1) is 11.6 Å². The fourth-order valence-corrected chi connectivity index (χ4v) is 7.28. The van der Waals surface area contributed by atoms with Crippen LogP contribution in [-0.4, -0.2) is 69.3 Å². The van der Waals surface area contributed by atoms with E-state index < -0.39 is 45.6 Å². The quantitative estimate of drug-likeness (QED) is 0.294. The maximum Gasteiger partial charge on any atom is 0.407 e. The molecule has 44 heavy (non-hydrogen) atoms. The van der Waals surface area contributed by atoms with E-state index in [1.165, 1.54) is 10.6 Å². The van der Waals surface area contributed by atoms with Crippen LogP contribution in [0.4, 0.5) is 19.3 Å². The lowest BCUT2D eigenvalue weighted by Crippen LogP contribution is -2.58. The van der Waals surface area contributed by atoms with Crippen molar-refractivity contribution in [3.8, 4) is 0 Å². The first-order valence-corrected chi connectivity index (χ1v) is 16.2. The highest BCUT2D eigenvalue weighted by atomic mass is 35.5. The summed E-state index contributed by atoms with van der Waals surface area (Å²) in [5.74, 6) is -3.41. The number of methoxy groups -OCH3 is 1. The van der Waals surface area contributed by atoms with Crippen LogP contribution in [0.2, 0.25) is 5.02 Å². The number of amides is 2. The number of ether oxygens (including phenoxy) is 1. The molecule has 4 atom stereocenters. The Balaban J connectivity index is 1.66. The van der Waals surface area contributed by atoms with Crippen molar-refractivity contribution in [1.29, 1.82) is 0 Å². The maximum absolute atomic E-state index is 14.4. The van der Waals surface area contributed by atoms with E-state index in [0.29, 0.717) is 42.2 Å². The minimum atomic E-state index is -3.44. The summed E-state index contributed by atoms with van der Waals surface area (Å²) in [5.41, 5.74) is 1.75. The summed E-state index contributed by atoms with van der Waals surface area (Å²) in [7, 11) is -2.31. The molecule has 1 fully saturated rings. The van der Waals surface area contributed by atoms with Gasteiger partial charge >= 0.3 is 6.09 Å². The van der Waals surface area contributed by atoms with E-state index >= 15 is 0 Å². The van der Waals surface area contributed by atoms with Gasteiger partial charge in [0.2, 0.25) is 15.9 Å². The molecule has 1 aliphatic heterocycles. The molecular formula is C31H35ClF2N4O5S. The van der Waals surface area contributed by atoms with Crippen molar-refractivity contribution in [3.63, 3.8) is 0 Å². The van der Waals surface area contributed by atoms with Crippen LogP contribution in [0.5, 0.6) is 0 Å². The summed E-state index contributed by atoms with van der Waals surface area (Å²) in [6.45, 7) is 2.89. The monoisotopic (exact) mass is 648 g/mol. The summed E-state index contributed by atoms with van der Waals surface area (Å²) in [4.78, 5) is 26.5. The topological polar surface area (TPSA) is 117 Å². The Hall–Kier alpha value is -3.58. The molecule has 0 unspecified atom stereocenters. The number of hydrogen-bond donors (Lipinski definition) is 3. The highest BCUT2D eigenvalue weighted by Gasteiger charge is 2.36. The lowest BCUT2D eigenvalue weighted by Gasteiger charge is -2.39. The summed E-state index contributed by atoms with van der Waals surface area (Å²) >= 11 is 6.08. The number of aryl methyl sites for hydroxylation is 1. The van der Waals surface area contributed by atoms with Crippen molar-refractivity contribution in [2.75, 3.05) is 31.8 Å². The van der Waals surface area contributed by atoms with E-state index in [2.05, 4.69) is 16.0 Å². The van der Waals surface area contributed by atoms with Crippen LogP contribution in [0.25, 0.3) is 0 Å². The molecular weight excluding hydrogens is 614 g/mol. The van der Waals surface area contributed by atoms with Gasteiger partial charge in [0, 0.05) is 47.9 Å². The molecule has 0 radical (unpaired) electrons. The second-order valence-corrected chi connectivity index (χ2v) is 13.1. The molecule has 1 aliphatic rings. The van der Waals surface area contributed by atoms with Crippen molar-refractivity contribution < 1.29 is 31.5 Å².